The van der Waals surface area contributed by atoms with E-state index in [2.05, 4.69) is 11.1 Å². The van der Waals surface area contributed by atoms with Crippen LogP contribution in [0.25, 0.3) is 0 Å². The van der Waals surface area contributed by atoms with E-state index >= 15 is 0 Å². The van der Waals surface area contributed by atoms with Crippen LogP contribution in [-0.4, -0.2) is 10.8 Å². The van der Waals surface area contributed by atoms with Crippen LogP contribution in [0, 0.1) is 0 Å². The maximum Gasteiger partial charge on any atom is 0.164 e. The lowest BCUT2D eigenvalue weighted by molar-refractivity contribution is 0.0983. The first kappa shape index (κ1) is 10.1. The quantitative estimate of drug-likeness (QED) is 0.737. The van der Waals surface area contributed by atoms with Gasteiger partial charge in [0.25, 0.3) is 0 Å². The highest BCUT2D eigenvalue weighted by Gasteiger charge is 2.05. The molecule has 0 aromatic carbocycles. The van der Waals surface area contributed by atoms with Crippen molar-refractivity contribution < 1.29 is 4.79 Å². The summed E-state index contributed by atoms with van der Waals surface area (Å²) >= 11 is 1.69. The fourth-order valence-corrected chi connectivity index (χ4v) is 2.07. The number of hydrogen-bond acceptors (Lipinski definition) is 3. The van der Waals surface area contributed by atoms with Gasteiger partial charge in [-0.3, -0.25) is 9.78 Å². The molecule has 0 fully saturated rings. The zero-order valence-electron chi connectivity index (χ0n) is 8.22. The molecule has 0 saturated heterocycles. The van der Waals surface area contributed by atoms with Crippen molar-refractivity contribution in [1.82, 2.24) is 4.98 Å². The van der Waals surface area contributed by atoms with Crippen molar-refractivity contribution in [2.24, 2.45) is 0 Å². The number of carbonyl (C=O) groups excluding carboxylic acids is 1. The molecule has 2 aromatic rings. The van der Waals surface area contributed by atoms with E-state index in [1.165, 1.54) is 4.88 Å². The van der Waals surface area contributed by atoms with Crippen LogP contribution in [-0.2, 0) is 6.42 Å². The molecule has 2 aromatic heterocycles. The number of nitrogens with zero attached hydrogens (tertiary/aromatic N) is 1. The number of hydrogen-bond donors (Lipinski definition) is 0. The first-order valence-electron chi connectivity index (χ1n) is 4.82. The van der Waals surface area contributed by atoms with Crippen LogP contribution in [0.2, 0.25) is 0 Å². The van der Waals surface area contributed by atoms with Gasteiger partial charge < -0.3 is 0 Å². The Bertz CT molecular complexity index is 422. The van der Waals surface area contributed by atoms with E-state index in [0.717, 1.165) is 6.42 Å². The van der Waals surface area contributed by atoms with Crippen LogP contribution < -0.4 is 0 Å². The Morgan fingerprint density at radius 3 is 2.93 bits per heavy atom. The van der Waals surface area contributed by atoms with Crippen LogP contribution in [0.5, 0.6) is 0 Å². The summed E-state index contributed by atoms with van der Waals surface area (Å²) in [6.07, 6.45) is 4.68. The van der Waals surface area contributed by atoms with Crippen LogP contribution in [0.4, 0.5) is 0 Å². The summed E-state index contributed by atoms with van der Waals surface area (Å²) in [6.45, 7) is 0. The lowest BCUT2D eigenvalue weighted by atomic mass is 10.1. The summed E-state index contributed by atoms with van der Waals surface area (Å²) < 4.78 is 0. The number of aromatic nitrogens is 1. The Labute approximate surface area is 92.6 Å². The fraction of sp³-hybridized carbons (Fsp3) is 0.167. The molecular formula is C12H11NOS. The number of carbonyl (C=O) groups is 1. The molecule has 0 aliphatic heterocycles. The van der Waals surface area contributed by atoms with E-state index in [4.69, 9.17) is 0 Å². The lowest BCUT2D eigenvalue weighted by Crippen LogP contribution is -2.00. The molecule has 15 heavy (non-hydrogen) atoms. The Kier molecular flexibility index (Phi) is 3.25. The van der Waals surface area contributed by atoms with Crippen molar-refractivity contribution in [2.45, 2.75) is 12.8 Å². The third kappa shape index (κ3) is 2.73. The minimum absolute atomic E-state index is 0.163. The van der Waals surface area contributed by atoms with Gasteiger partial charge in [-0.05, 0) is 30.0 Å². The van der Waals surface area contributed by atoms with Gasteiger partial charge in [0.1, 0.15) is 0 Å². The average Bonchev–Trinajstić information content (AvgIpc) is 2.80. The van der Waals surface area contributed by atoms with E-state index in [1.807, 2.05) is 17.5 Å². The van der Waals surface area contributed by atoms with Gasteiger partial charge in [0.15, 0.2) is 5.78 Å². The maximum atomic E-state index is 11.7. The van der Waals surface area contributed by atoms with Gasteiger partial charge in [0, 0.05) is 29.3 Å². The van der Waals surface area contributed by atoms with Crippen LogP contribution >= 0.6 is 11.3 Å². The second-order valence-corrected chi connectivity index (χ2v) is 4.28. The summed E-state index contributed by atoms with van der Waals surface area (Å²) in [6, 6.07) is 7.66. The van der Waals surface area contributed by atoms with Crippen LogP contribution in [0.3, 0.4) is 0 Å². The molecule has 2 rings (SSSR count). The minimum Gasteiger partial charge on any atom is -0.294 e. The van der Waals surface area contributed by atoms with Crippen molar-refractivity contribution in [2.75, 3.05) is 0 Å². The van der Waals surface area contributed by atoms with Gasteiger partial charge in [-0.25, -0.2) is 0 Å². The Morgan fingerprint density at radius 2 is 2.27 bits per heavy atom. The number of rotatable bonds is 4. The van der Waals surface area contributed by atoms with Gasteiger partial charge >= 0.3 is 0 Å². The molecule has 0 amide bonds. The molecule has 0 N–H and O–H groups in total. The molecule has 0 aliphatic rings. The molecule has 0 saturated carbocycles. The smallest absolute Gasteiger partial charge is 0.164 e. The summed E-state index contributed by atoms with van der Waals surface area (Å²) in [7, 11) is 0. The first-order chi connectivity index (χ1) is 7.36. The number of aryl methyl sites for hydroxylation is 1. The van der Waals surface area contributed by atoms with Crippen molar-refractivity contribution >= 4 is 17.1 Å². The normalized spacial score (nSPS) is 10.1. The van der Waals surface area contributed by atoms with Gasteiger partial charge in [-0.15, -0.1) is 11.3 Å². The largest absolute Gasteiger partial charge is 0.294 e. The van der Waals surface area contributed by atoms with Crippen molar-refractivity contribution in [3.63, 3.8) is 0 Å². The van der Waals surface area contributed by atoms with Crippen molar-refractivity contribution in [3.05, 3.63) is 52.5 Å². The molecule has 0 atom stereocenters. The van der Waals surface area contributed by atoms with Gasteiger partial charge in [-0.2, -0.15) is 0 Å². The highest BCUT2D eigenvalue weighted by Crippen LogP contribution is 2.12. The highest BCUT2D eigenvalue weighted by molar-refractivity contribution is 7.09. The minimum atomic E-state index is 0.163. The zero-order chi connectivity index (χ0) is 10.5. The standard InChI is InChI=1S/C12H11NOS/c14-12(10-3-1-7-13-9-10)6-5-11-4-2-8-15-11/h1-4,7-9H,5-6H2. The number of Topliss-reactive ketones (excluding diaryl/α,β-unsaturated/α-hetero) is 1. The third-order valence-corrected chi connectivity index (χ3v) is 3.10. The van der Waals surface area contributed by atoms with Gasteiger partial charge in [-0.1, -0.05) is 6.07 Å². The Hall–Kier alpha value is -1.48. The number of ketones is 1. The topological polar surface area (TPSA) is 30.0 Å². The fourth-order valence-electron chi connectivity index (χ4n) is 1.36. The molecule has 0 unspecified atom stereocenters. The van der Waals surface area contributed by atoms with Gasteiger partial charge in [0.2, 0.25) is 0 Å². The molecule has 0 aliphatic carbocycles. The molecule has 2 nitrogen and oxygen atoms in total. The SMILES string of the molecule is O=C(CCc1cccs1)c1cccnc1. The average molecular weight is 217 g/mol. The van der Waals surface area contributed by atoms with E-state index in [1.54, 1.807) is 29.8 Å². The second-order valence-electron chi connectivity index (χ2n) is 3.24. The Morgan fingerprint density at radius 1 is 1.33 bits per heavy atom. The monoisotopic (exact) mass is 217 g/mol. The first-order valence-corrected chi connectivity index (χ1v) is 5.70. The summed E-state index contributed by atoms with van der Waals surface area (Å²) in [5.41, 5.74) is 0.703. The molecule has 3 heteroatoms. The molecule has 0 radical (unpaired) electrons. The predicted molar refractivity (Wildman–Crippen MR) is 61.2 cm³/mol. The summed E-state index contributed by atoms with van der Waals surface area (Å²) in [5, 5.41) is 2.03. The number of pyridine rings is 1. The summed E-state index contributed by atoms with van der Waals surface area (Å²) in [4.78, 5) is 16.9. The van der Waals surface area contributed by atoms with Gasteiger partial charge in [0.05, 0.1) is 0 Å². The van der Waals surface area contributed by atoms with E-state index in [9.17, 15) is 4.79 Å². The molecule has 0 bridgehead atoms. The molecule has 76 valence electrons. The molecule has 2 heterocycles. The van der Waals surface area contributed by atoms with Crippen molar-refractivity contribution in [3.8, 4) is 0 Å². The zero-order valence-corrected chi connectivity index (χ0v) is 9.04. The molecular weight excluding hydrogens is 206 g/mol. The summed E-state index contributed by atoms with van der Waals surface area (Å²) in [5.74, 6) is 0.163. The van der Waals surface area contributed by atoms with Crippen LogP contribution in [0.15, 0.2) is 42.0 Å². The van der Waals surface area contributed by atoms with Crippen molar-refractivity contribution in [1.29, 1.82) is 0 Å². The maximum absolute atomic E-state index is 11.7. The predicted octanol–water partition coefficient (Wildman–Crippen LogP) is 2.96. The Balaban J connectivity index is 1.94. The second kappa shape index (κ2) is 4.84. The van der Waals surface area contributed by atoms with E-state index < -0.39 is 0 Å². The van der Waals surface area contributed by atoms with Crippen LogP contribution in [0.1, 0.15) is 21.7 Å². The number of thiophene rings is 1. The van der Waals surface area contributed by atoms with E-state index in [-0.39, 0.29) is 5.78 Å². The third-order valence-electron chi connectivity index (χ3n) is 2.16. The highest BCUT2D eigenvalue weighted by atomic mass is 32.1. The van der Waals surface area contributed by atoms with E-state index in [0.29, 0.717) is 12.0 Å². The molecule has 0 spiro atoms. The lowest BCUT2D eigenvalue weighted by Gasteiger charge is -1.98.